The van der Waals surface area contributed by atoms with Crippen LogP contribution in [-0.4, -0.2) is 31.5 Å². The van der Waals surface area contributed by atoms with E-state index in [9.17, 15) is 9.90 Å². The molecule has 2 aromatic carbocycles. The standard InChI is InChI=1S/C17H17NO5/c1-21-13-4-2-3-11(7-13)14(19)9-18-17(20)12-5-6-15-16(8-12)23-10-22-15/h2-8,14,19H,9-10H2,1H3,(H,18,20). The predicted octanol–water partition coefficient (Wildman–Crippen LogP) is 1.89. The first-order valence-electron chi connectivity index (χ1n) is 7.17. The number of carbonyl (C=O) groups excluding carboxylic acids is 1. The van der Waals surface area contributed by atoms with Gasteiger partial charge in [-0.05, 0) is 35.9 Å². The second-order valence-electron chi connectivity index (χ2n) is 5.07. The molecule has 23 heavy (non-hydrogen) atoms. The van der Waals surface area contributed by atoms with Crippen molar-refractivity contribution < 1.29 is 24.1 Å². The van der Waals surface area contributed by atoms with Crippen molar-refractivity contribution in [3.8, 4) is 17.2 Å². The Balaban J connectivity index is 1.62. The molecule has 1 aliphatic heterocycles. The van der Waals surface area contributed by atoms with Gasteiger partial charge in [0, 0.05) is 12.1 Å². The van der Waals surface area contributed by atoms with Gasteiger partial charge in [0.05, 0.1) is 13.2 Å². The molecule has 3 rings (SSSR count). The van der Waals surface area contributed by atoms with Gasteiger partial charge in [0.15, 0.2) is 11.5 Å². The lowest BCUT2D eigenvalue weighted by molar-refractivity contribution is 0.0916. The third-order valence-electron chi connectivity index (χ3n) is 3.57. The summed E-state index contributed by atoms with van der Waals surface area (Å²) in [6.45, 7) is 0.259. The van der Waals surface area contributed by atoms with Gasteiger partial charge in [0.1, 0.15) is 5.75 Å². The Labute approximate surface area is 133 Å². The maximum Gasteiger partial charge on any atom is 0.251 e. The minimum atomic E-state index is -0.817. The molecular formula is C17H17NO5. The molecule has 0 aromatic heterocycles. The number of carbonyl (C=O) groups is 1. The van der Waals surface area contributed by atoms with E-state index >= 15 is 0 Å². The molecule has 0 saturated carbocycles. The normalized spacial score (nSPS) is 13.5. The lowest BCUT2D eigenvalue weighted by atomic mass is 10.1. The zero-order chi connectivity index (χ0) is 16.2. The summed E-state index contributed by atoms with van der Waals surface area (Å²) in [5.41, 5.74) is 1.13. The Morgan fingerprint density at radius 3 is 2.91 bits per heavy atom. The summed E-state index contributed by atoms with van der Waals surface area (Å²) in [6, 6.07) is 12.1. The third kappa shape index (κ3) is 3.37. The van der Waals surface area contributed by atoms with Crippen molar-refractivity contribution in [2.45, 2.75) is 6.10 Å². The van der Waals surface area contributed by atoms with E-state index in [1.54, 1.807) is 49.6 Å². The summed E-state index contributed by atoms with van der Waals surface area (Å²) in [6.07, 6.45) is -0.817. The molecule has 1 atom stereocenters. The van der Waals surface area contributed by atoms with Crippen LogP contribution in [0.5, 0.6) is 17.2 Å². The molecule has 1 unspecified atom stereocenters. The molecule has 1 amide bonds. The van der Waals surface area contributed by atoms with Gasteiger partial charge in [-0.25, -0.2) is 0 Å². The molecule has 1 aliphatic rings. The van der Waals surface area contributed by atoms with Gasteiger partial charge in [-0.3, -0.25) is 4.79 Å². The molecule has 0 bridgehead atoms. The van der Waals surface area contributed by atoms with Crippen LogP contribution in [0.1, 0.15) is 22.0 Å². The van der Waals surface area contributed by atoms with Crippen LogP contribution in [0.2, 0.25) is 0 Å². The SMILES string of the molecule is COc1cccc(C(O)CNC(=O)c2ccc3c(c2)OCO3)c1. The number of methoxy groups -OCH3 is 1. The molecule has 0 aliphatic carbocycles. The van der Waals surface area contributed by atoms with Gasteiger partial charge in [-0.15, -0.1) is 0 Å². The number of aliphatic hydroxyl groups excluding tert-OH is 1. The zero-order valence-electron chi connectivity index (χ0n) is 12.6. The highest BCUT2D eigenvalue weighted by molar-refractivity contribution is 5.94. The summed E-state index contributed by atoms with van der Waals surface area (Å²) in [4.78, 5) is 12.2. The molecular weight excluding hydrogens is 298 g/mol. The molecule has 1 heterocycles. The molecule has 6 nitrogen and oxygen atoms in total. The monoisotopic (exact) mass is 315 g/mol. The van der Waals surface area contributed by atoms with Crippen molar-refractivity contribution in [3.05, 3.63) is 53.6 Å². The fourth-order valence-electron chi connectivity index (χ4n) is 2.30. The van der Waals surface area contributed by atoms with E-state index in [4.69, 9.17) is 14.2 Å². The Morgan fingerprint density at radius 1 is 1.26 bits per heavy atom. The highest BCUT2D eigenvalue weighted by Gasteiger charge is 2.17. The number of nitrogens with one attached hydrogen (secondary N) is 1. The van der Waals surface area contributed by atoms with Crippen molar-refractivity contribution in [3.63, 3.8) is 0 Å². The van der Waals surface area contributed by atoms with Crippen LogP contribution in [0.15, 0.2) is 42.5 Å². The van der Waals surface area contributed by atoms with Gasteiger partial charge in [-0.2, -0.15) is 0 Å². The van der Waals surface area contributed by atoms with Crippen LogP contribution in [-0.2, 0) is 0 Å². The summed E-state index contributed by atoms with van der Waals surface area (Å²) in [5, 5.41) is 12.9. The Hall–Kier alpha value is -2.73. The Morgan fingerprint density at radius 2 is 2.09 bits per heavy atom. The summed E-state index contributed by atoms with van der Waals surface area (Å²) < 4.78 is 15.6. The summed E-state index contributed by atoms with van der Waals surface area (Å²) in [7, 11) is 1.56. The number of ether oxygens (including phenoxy) is 3. The first-order chi connectivity index (χ1) is 11.2. The second-order valence-corrected chi connectivity index (χ2v) is 5.07. The second kappa shape index (κ2) is 6.58. The molecule has 0 fully saturated rings. The zero-order valence-corrected chi connectivity index (χ0v) is 12.6. The van der Waals surface area contributed by atoms with Crippen molar-refractivity contribution >= 4 is 5.91 Å². The van der Waals surface area contributed by atoms with E-state index in [-0.39, 0.29) is 19.2 Å². The van der Waals surface area contributed by atoms with Crippen LogP contribution >= 0.6 is 0 Å². The van der Waals surface area contributed by atoms with Crippen LogP contribution in [0.4, 0.5) is 0 Å². The third-order valence-corrected chi connectivity index (χ3v) is 3.57. The van der Waals surface area contributed by atoms with Crippen LogP contribution in [0.3, 0.4) is 0 Å². The van der Waals surface area contributed by atoms with Crippen LogP contribution in [0.25, 0.3) is 0 Å². The van der Waals surface area contributed by atoms with E-state index in [1.165, 1.54) is 0 Å². The number of hydrogen-bond donors (Lipinski definition) is 2. The van der Waals surface area contributed by atoms with Gasteiger partial charge >= 0.3 is 0 Å². The number of rotatable bonds is 5. The molecule has 120 valence electrons. The van der Waals surface area contributed by atoms with E-state index in [2.05, 4.69) is 5.32 Å². The largest absolute Gasteiger partial charge is 0.497 e. The lowest BCUT2D eigenvalue weighted by Gasteiger charge is -2.13. The molecule has 2 N–H and O–H groups in total. The number of fused-ring (bicyclic) bond motifs is 1. The summed E-state index contributed by atoms with van der Waals surface area (Å²) >= 11 is 0. The smallest absolute Gasteiger partial charge is 0.251 e. The molecule has 6 heteroatoms. The predicted molar refractivity (Wildman–Crippen MR) is 82.9 cm³/mol. The van der Waals surface area contributed by atoms with Crippen molar-refractivity contribution in [2.24, 2.45) is 0 Å². The fourth-order valence-corrected chi connectivity index (χ4v) is 2.30. The number of aliphatic hydroxyl groups is 1. The van der Waals surface area contributed by atoms with E-state index in [0.717, 1.165) is 0 Å². The van der Waals surface area contributed by atoms with Gasteiger partial charge in [0.25, 0.3) is 5.91 Å². The maximum absolute atomic E-state index is 12.2. The number of hydrogen-bond acceptors (Lipinski definition) is 5. The molecule has 0 spiro atoms. The molecule has 2 aromatic rings. The maximum atomic E-state index is 12.2. The number of benzene rings is 2. The van der Waals surface area contributed by atoms with Gasteiger partial charge in [-0.1, -0.05) is 12.1 Å². The van der Waals surface area contributed by atoms with Crippen molar-refractivity contribution in [1.82, 2.24) is 5.32 Å². The van der Waals surface area contributed by atoms with Crippen molar-refractivity contribution in [2.75, 3.05) is 20.4 Å². The van der Waals surface area contributed by atoms with Crippen molar-refractivity contribution in [1.29, 1.82) is 0 Å². The quantitative estimate of drug-likeness (QED) is 0.881. The Bertz CT molecular complexity index is 716. The topological polar surface area (TPSA) is 77.0 Å². The van der Waals surface area contributed by atoms with E-state index in [1.807, 2.05) is 0 Å². The lowest BCUT2D eigenvalue weighted by Crippen LogP contribution is -2.28. The van der Waals surface area contributed by atoms with Gasteiger partial charge in [0.2, 0.25) is 6.79 Å². The van der Waals surface area contributed by atoms with E-state index < -0.39 is 6.10 Å². The average Bonchev–Trinajstić information content (AvgIpc) is 3.07. The van der Waals surface area contributed by atoms with E-state index in [0.29, 0.717) is 28.4 Å². The summed E-state index contributed by atoms with van der Waals surface area (Å²) in [5.74, 6) is 1.54. The number of amides is 1. The highest BCUT2D eigenvalue weighted by atomic mass is 16.7. The minimum absolute atomic E-state index is 0.0977. The first kappa shape index (κ1) is 15.2. The van der Waals surface area contributed by atoms with Gasteiger partial charge < -0.3 is 24.6 Å². The average molecular weight is 315 g/mol. The minimum Gasteiger partial charge on any atom is -0.497 e. The highest BCUT2D eigenvalue weighted by Crippen LogP contribution is 2.32. The van der Waals surface area contributed by atoms with Crippen LogP contribution in [0, 0.1) is 0 Å². The first-order valence-corrected chi connectivity index (χ1v) is 7.17. The van der Waals surface area contributed by atoms with Crippen LogP contribution < -0.4 is 19.5 Å². The molecule has 0 radical (unpaired) electrons. The Kier molecular flexibility index (Phi) is 4.34. The fraction of sp³-hybridized carbons (Fsp3) is 0.235. The molecule has 0 saturated heterocycles.